The van der Waals surface area contributed by atoms with Gasteiger partial charge in [0.2, 0.25) is 5.91 Å². The maximum Gasteiger partial charge on any atom is 0.242 e. The number of aromatic nitrogens is 3. The quantitative estimate of drug-likeness (QED) is 0.480. The van der Waals surface area contributed by atoms with Gasteiger partial charge in [-0.3, -0.25) is 4.79 Å². The number of anilines is 1. The Morgan fingerprint density at radius 2 is 2.22 bits per heavy atom. The molecule has 2 aromatic rings. The van der Waals surface area contributed by atoms with Crippen LogP contribution in [0.5, 0.6) is 0 Å². The SMILES string of the molecule is COC1c2cn(C3O[C@H](CO)[C@@H](O)[C@@]3(C)O)c3ncnc(c23)NC(=O)C1Br. The van der Waals surface area contributed by atoms with Gasteiger partial charge in [0.15, 0.2) is 6.23 Å². The number of aliphatic hydroxyl groups is 3. The number of aliphatic hydroxyl groups excluding tert-OH is 2. The maximum absolute atomic E-state index is 12.3. The van der Waals surface area contributed by atoms with Crippen molar-refractivity contribution in [2.75, 3.05) is 19.0 Å². The summed E-state index contributed by atoms with van der Waals surface area (Å²) in [7, 11) is 1.48. The Kier molecular flexibility index (Phi) is 4.48. The number of ether oxygens (including phenoxy) is 2. The van der Waals surface area contributed by atoms with Crippen LogP contribution in [0.3, 0.4) is 0 Å². The normalized spacial score (nSPS) is 36.1. The molecule has 2 aliphatic heterocycles. The summed E-state index contributed by atoms with van der Waals surface area (Å²) in [6.45, 7) is 0.987. The summed E-state index contributed by atoms with van der Waals surface area (Å²) in [6.07, 6.45) is -0.919. The summed E-state index contributed by atoms with van der Waals surface area (Å²) in [6, 6.07) is 0. The molecule has 0 bridgehead atoms. The highest BCUT2D eigenvalue weighted by Gasteiger charge is 2.53. The molecule has 6 atom stereocenters. The number of amides is 1. The second-order valence-electron chi connectivity index (χ2n) is 6.84. The Hall–Kier alpha value is -1.63. The van der Waals surface area contributed by atoms with Crippen molar-refractivity contribution >= 4 is 38.7 Å². The van der Waals surface area contributed by atoms with Gasteiger partial charge in [0.25, 0.3) is 0 Å². The van der Waals surface area contributed by atoms with Crippen LogP contribution in [0.1, 0.15) is 24.8 Å². The molecule has 10 nitrogen and oxygen atoms in total. The van der Waals surface area contributed by atoms with E-state index in [9.17, 15) is 20.1 Å². The van der Waals surface area contributed by atoms with E-state index in [0.29, 0.717) is 22.4 Å². The van der Waals surface area contributed by atoms with E-state index in [-0.39, 0.29) is 5.91 Å². The van der Waals surface area contributed by atoms with E-state index in [0.717, 1.165) is 0 Å². The van der Waals surface area contributed by atoms with Gasteiger partial charge in [-0.1, -0.05) is 15.9 Å². The third kappa shape index (κ3) is 2.61. The highest BCUT2D eigenvalue weighted by atomic mass is 79.9. The Morgan fingerprint density at radius 1 is 1.48 bits per heavy atom. The van der Waals surface area contributed by atoms with Crippen LogP contribution in [0.4, 0.5) is 5.82 Å². The number of carbonyl (C=O) groups excluding carboxylic acids is 1. The van der Waals surface area contributed by atoms with Crippen LogP contribution in [0.15, 0.2) is 12.5 Å². The summed E-state index contributed by atoms with van der Waals surface area (Å²) in [5.41, 5.74) is -0.648. The highest BCUT2D eigenvalue weighted by molar-refractivity contribution is 9.10. The van der Waals surface area contributed by atoms with Crippen molar-refractivity contribution in [2.24, 2.45) is 0 Å². The van der Waals surface area contributed by atoms with Gasteiger partial charge in [-0.15, -0.1) is 0 Å². The molecule has 0 saturated carbocycles. The fourth-order valence-corrected chi connectivity index (χ4v) is 4.34. The summed E-state index contributed by atoms with van der Waals surface area (Å²) < 4.78 is 12.8. The van der Waals surface area contributed by atoms with Crippen LogP contribution < -0.4 is 5.32 Å². The summed E-state index contributed by atoms with van der Waals surface area (Å²) >= 11 is 3.35. The molecule has 4 N–H and O–H groups in total. The molecule has 1 saturated heterocycles. The first kappa shape index (κ1) is 18.7. The molecule has 0 radical (unpaired) electrons. The van der Waals surface area contributed by atoms with Crippen molar-refractivity contribution in [1.29, 1.82) is 0 Å². The highest BCUT2D eigenvalue weighted by Crippen LogP contribution is 2.44. The molecule has 4 heterocycles. The maximum atomic E-state index is 12.3. The topological polar surface area (TPSA) is 139 Å². The van der Waals surface area contributed by atoms with E-state index in [4.69, 9.17) is 9.47 Å². The second-order valence-corrected chi connectivity index (χ2v) is 7.83. The van der Waals surface area contributed by atoms with Gasteiger partial charge in [-0.25, -0.2) is 9.97 Å². The molecule has 11 heteroatoms. The van der Waals surface area contributed by atoms with Crippen LogP contribution in [-0.2, 0) is 14.3 Å². The van der Waals surface area contributed by atoms with Crippen molar-refractivity contribution in [3.8, 4) is 0 Å². The van der Waals surface area contributed by atoms with Crippen molar-refractivity contribution in [3.63, 3.8) is 0 Å². The predicted molar refractivity (Wildman–Crippen MR) is 96.2 cm³/mol. The lowest BCUT2D eigenvalue weighted by Crippen LogP contribution is -2.44. The monoisotopic (exact) mass is 442 g/mol. The average Bonchev–Trinajstić information content (AvgIpc) is 3.08. The van der Waals surface area contributed by atoms with Crippen molar-refractivity contribution in [2.45, 2.75) is 41.9 Å². The van der Waals surface area contributed by atoms with Crippen molar-refractivity contribution in [1.82, 2.24) is 14.5 Å². The molecule has 4 rings (SSSR count). The van der Waals surface area contributed by atoms with Crippen LogP contribution in [0.2, 0.25) is 0 Å². The number of rotatable bonds is 3. The van der Waals surface area contributed by atoms with Gasteiger partial charge in [-0.2, -0.15) is 0 Å². The first-order chi connectivity index (χ1) is 12.8. The lowest BCUT2D eigenvalue weighted by atomic mass is 9.96. The molecule has 2 aliphatic rings. The smallest absolute Gasteiger partial charge is 0.242 e. The fraction of sp³-hybridized carbons (Fsp3) is 0.562. The number of nitrogens with one attached hydrogen (secondary N) is 1. The third-order valence-electron chi connectivity index (χ3n) is 5.14. The predicted octanol–water partition coefficient (Wildman–Crippen LogP) is -0.164. The van der Waals surface area contributed by atoms with E-state index in [1.54, 1.807) is 10.8 Å². The number of halogens is 1. The first-order valence-electron chi connectivity index (χ1n) is 8.31. The lowest BCUT2D eigenvalue weighted by molar-refractivity contribution is -0.117. The molecule has 1 fully saturated rings. The number of hydrogen-bond donors (Lipinski definition) is 4. The van der Waals surface area contributed by atoms with E-state index >= 15 is 0 Å². The average molecular weight is 443 g/mol. The molecule has 27 heavy (non-hydrogen) atoms. The second kappa shape index (κ2) is 6.47. The Balaban J connectivity index is 1.93. The number of carbonyl (C=O) groups is 1. The fourth-order valence-electron chi connectivity index (χ4n) is 3.72. The Bertz CT molecular complexity index is 902. The molecule has 146 valence electrons. The molecule has 0 aliphatic carbocycles. The Labute approximate surface area is 162 Å². The number of methoxy groups -OCH3 is 1. The standard InChI is InChI=1S/C16H19BrN4O6/c1-16(25)11(23)7(4-22)27-15(16)21-3-6-8-12(18-5-19-13(8)21)20-14(24)9(17)10(6)26-2/h3,5,7,9-11,15,22-23,25H,4H2,1-2H3,(H,18,19,20,24)/t7-,9?,10?,11-,15?,16-/m1/s1. The minimum absolute atomic E-state index is 0.301. The number of alkyl halides is 1. The van der Waals surface area contributed by atoms with Crippen LogP contribution in [0, 0.1) is 0 Å². The summed E-state index contributed by atoms with van der Waals surface area (Å²) in [5.74, 6) is 0.0177. The van der Waals surface area contributed by atoms with Crippen LogP contribution in [-0.4, -0.2) is 72.1 Å². The minimum Gasteiger partial charge on any atom is -0.394 e. The summed E-state index contributed by atoms with van der Waals surface area (Å²) in [4.78, 5) is 20.1. The van der Waals surface area contributed by atoms with E-state index in [1.165, 1.54) is 20.4 Å². The minimum atomic E-state index is -1.68. The molecular weight excluding hydrogens is 424 g/mol. The number of hydrogen-bond acceptors (Lipinski definition) is 8. The van der Waals surface area contributed by atoms with Gasteiger partial charge in [0, 0.05) is 18.9 Å². The lowest BCUT2D eigenvalue weighted by Gasteiger charge is -2.28. The van der Waals surface area contributed by atoms with Gasteiger partial charge in [0.05, 0.1) is 12.0 Å². The largest absolute Gasteiger partial charge is 0.394 e. The van der Waals surface area contributed by atoms with Gasteiger partial charge >= 0.3 is 0 Å². The zero-order valence-electron chi connectivity index (χ0n) is 14.5. The van der Waals surface area contributed by atoms with Crippen molar-refractivity contribution in [3.05, 3.63) is 18.1 Å². The first-order valence-corrected chi connectivity index (χ1v) is 9.22. The Morgan fingerprint density at radius 3 is 2.85 bits per heavy atom. The molecule has 2 aromatic heterocycles. The van der Waals surface area contributed by atoms with Crippen LogP contribution in [0.25, 0.3) is 11.0 Å². The van der Waals surface area contributed by atoms with Gasteiger partial charge in [0.1, 0.15) is 46.5 Å². The molecule has 0 aromatic carbocycles. The molecule has 0 spiro atoms. The molecule has 1 amide bonds. The molecular formula is C16H19BrN4O6. The van der Waals surface area contributed by atoms with E-state index in [2.05, 4.69) is 31.2 Å². The third-order valence-corrected chi connectivity index (χ3v) is 6.04. The zero-order chi connectivity index (χ0) is 19.5. The van der Waals surface area contributed by atoms with E-state index in [1.807, 2.05) is 0 Å². The molecule has 3 unspecified atom stereocenters. The van der Waals surface area contributed by atoms with Gasteiger partial charge < -0.3 is 34.7 Å². The van der Waals surface area contributed by atoms with Gasteiger partial charge in [-0.05, 0) is 6.92 Å². The number of nitrogens with zero attached hydrogens (tertiary/aromatic N) is 3. The van der Waals surface area contributed by atoms with Crippen LogP contribution >= 0.6 is 15.9 Å². The summed E-state index contributed by atoms with van der Waals surface area (Å²) in [5, 5.41) is 33.8. The van der Waals surface area contributed by atoms with Crippen molar-refractivity contribution < 1.29 is 29.6 Å². The zero-order valence-corrected chi connectivity index (χ0v) is 16.1. The van der Waals surface area contributed by atoms with E-state index < -0.39 is 41.6 Å².